The molecule has 0 spiro atoms. The van der Waals surface area contributed by atoms with Gasteiger partial charge in [0.25, 0.3) is 5.91 Å². The zero-order chi connectivity index (χ0) is 13.3. The first kappa shape index (κ1) is 12.7. The number of alkyl halides is 1. The number of nitrogens with zero attached hydrogens (tertiary/aromatic N) is 2. The number of hydrogen-bond donors (Lipinski definition) is 1. The van der Waals surface area contributed by atoms with Gasteiger partial charge in [-0.1, -0.05) is 34.8 Å². The second-order valence-corrected chi connectivity index (χ2v) is 5.72. The lowest BCUT2D eigenvalue weighted by atomic mass is 10.00. The fourth-order valence-corrected chi connectivity index (χ4v) is 3.46. The van der Waals surface area contributed by atoms with Crippen molar-refractivity contribution in [2.24, 2.45) is 0 Å². The van der Waals surface area contributed by atoms with Crippen molar-refractivity contribution in [3.05, 3.63) is 36.2 Å². The first-order valence-corrected chi connectivity index (χ1v) is 7.67. The van der Waals surface area contributed by atoms with Crippen LogP contribution in [0.2, 0.25) is 0 Å². The normalized spacial score (nSPS) is 17.7. The van der Waals surface area contributed by atoms with E-state index in [2.05, 4.69) is 26.3 Å². The number of aromatic nitrogens is 2. The van der Waals surface area contributed by atoms with Crippen LogP contribution in [-0.2, 0) is 0 Å². The number of nitrogens with one attached hydrogen (secondary N) is 1. The molecule has 4 nitrogen and oxygen atoms in total. The third kappa shape index (κ3) is 2.27. The van der Waals surface area contributed by atoms with Gasteiger partial charge >= 0.3 is 0 Å². The summed E-state index contributed by atoms with van der Waals surface area (Å²) in [6.45, 7) is 0. The highest BCUT2D eigenvalue weighted by atomic mass is 79.9. The lowest BCUT2D eigenvalue weighted by Crippen LogP contribution is -2.47. The maximum Gasteiger partial charge on any atom is 0.255 e. The van der Waals surface area contributed by atoms with Crippen LogP contribution in [0.25, 0.3) is 5.52 Å². The van der Waals surface area contributed by atoms with Gasteiger partial charge in [0.2, 0.25) is 0 Å². The van der Waals surface area contributed by atoms with Gasteiger partial charge in [-0.3, -0.25) is 4.79 Å². The maximum atomic E-state index is 12.5. The quantitative estimate of drug-likeness (QED) is 0.883. The van der Waals surface area contributed by atoms with Crippen LogP contribution in [0.4, 0.5) is 0 Å². The van der Waals surface area contributed by atoms with Crippen LogP contribution in [0.1, 0.15) is 36.0 Å². The molecule has 3 rings (SSSR count). The molecule has 1 aliphatic carbocycles. The summed E-state index contributed by atoms with van der Waals surface area (Å²) in [7, 11) is 0. The van der Waals surface area contributed by atoms with Crippen molar-refractivity contribution in [2.75, 3.05) is 5.33 Å². The topological polar surface area (TPSA) is 46.4 Å². The summed E-state index contributed by atoms with van der Waals surface area (Å²) in [6, 6.07) is 5.74. The Hall–Kier alpha value is -1.36. The third-order valence-corrected chi connectivity index (χ3v) is 4.94. The van der Waals surface area contributed by atoms with Crippen LogP contribution in [-0.4, -0.2) is 26.4 Å². The monoisotopic (exact) mass is 321 g/mol. The zero-order valence-corrected chi connectivity index (χ0v) is 12.2. The van der Waals surface area contributed by atoms with Crippen molar-refractivity contribution in [3.8, 4) is 0 Å². The molecule has 100 valence electrons. The number of hydrogen-bond acceptors (Lipinski definition) is 2. The van der Waals surface area contributed by atoms with Gasteiger partial charge in [-0.15, -0.1) is 0 Å². The molecule has 0 unspecified atom stereocenters. The molecule has 19 heavy (non-hydrogen) atoms. The van der Waals surface area contributed by atoms with Crippen molar-refractivity contribution < 1.29 is 4.79 Å². The van der Waals surface area contributed by atoms with Crippen molar-refractivity contribution >= 4 is 27.4 Å². The summed E-state index contributed by atoms with van der Waals surface area (Å²) in [5.74, 6) is -0.0254. The first-order valence-electron chi connectivity index (χ1n) is 6.55. The van der Waals surface area contributed by atoms with Crippen molar-refractivity contribution in [1.82, 2.24) is 14.9 Å². The summed E-state index contributed by atoms with van der Waals surface area (Å²) in [4.78, 5) is 12.5. The Morgan fingerprint density at radius 1 is 1.42 bits per heavy atom. The van der Waals surface area contributed by atoms with E-state index >= 15 is 0 Å². The molecule has 1 amide bonds. The van der Waals surface area contributed by atoms with Crippen molar-refractivity contribution in [1.29, 1.82) is 0 Å². The molecule has 1 N–H and O–H groups in total. The molecule has 5 heteroatoms. The number of pyridine rings is 1. The number of carbonyl (C=O) groups is 1. The van der Waals surface area contributed by atoms with E-state index in [0.29, 0.717) is 5.56 Å². The molecule has 1 aliphatic rings. The smallest absolute Gasteiger partial charge is 0.255 e. The Morgan fingerprint density at radius 2 is 2.21 bits per heavy atom. The molecule has 0 saturated heterocycles. The van der Waals surface area contributed by atoms with Gasteiger partial charge in [-0.2, -0.15) is 5.10 Å². The summed E-state index contributed by atoms with van der Waals surface area (Å²) >= 11 is 3.54. The highest BCUT2D eigenvalue weighted by molar-refractivity contribution is 9.09. The Bertz CT molecular complexity index is 602. The summed E-state index contributed by atoms with van der Waals surface area (Å²) < 4.78 is 1.73. The second kappa shape index (κ2) is 4.96. The van der Waals surface area contributed by atoms with E-state index < -0.39 is 0 Å². The van der Waals surface area contributed by atoms with Gasteiger partial charge < -0.3 is 5.32 Å². The molecule has 2 aromatic heterocycles. The lowest BCUT2D eigenvalue weighted by molar-refractivity contribution is 0.0912. The molecule has 1 fully saturated rings. The molecular formula is C14H16BrN3O. The van der Waals surface area contributed by atoms with Gasteiger partial charge in [0.05, 0.1) is 22.8 Å². The van der Waals surface area contributed by atoms with E-state index in [1.165, 1.54) is 12.8 Å². The lowest BCUT2D eigenvalue weighted by Gasteiger charge is -2.27. The summed E-state index contributed by atoms with van der Waals surface area (Å²) in [5.41, 5.74) is 1.41. The fraction of sp³-hybridized carbons (Fsp3) is 0.429. The van der Waals surface area contributed by atoms with Crippen LogP contribution in [0.3, 0.4) is 0 Å². The molecule has 0 aromatic carbocycles. The third-order valence-electron chi connectivity index (χ3n) is 3.87. The van der Waals surface area contributed by atoms with E-state index in [0.717, 1.165) is 23.7 Å². The summed E-state index contributed by atoms with van der Waals surface area (Å²) in [6.07, 6.45) is 7.94. The Labute approximate surface area is 120 Å². The maximum absolute atomic E-state index is 12.5. The average Bonchev–Trinajstić information content (AvgIpc) is 3.05. The predicted molar refractivity (Wildman–Crippen MR) is 77.7 cm³/mol. The molecule has 2 heterocycles. The van der Waals surface area contributed by atoms with E-state index in [4.69, 9.17) is 0 Å². The number of carbonyl (C=O) groups excluding carboxylic acids is 1. The van der Waals surface area contributed by atoms with E-state index in [9.17, 15) is 4.79 Å². The van der Waals surface area contributed by atoms with Gasteiger partial charge in [0.15, 0.2) is 0 Å². The Balaban J connectivity index is 1.88. The summed E-state index contributed by atoms with van der Waals surface area (Å²) in [5, 5.41) is 8.21. The number of amides is 1. The highest BCUT2D eigenvalue weighted by Gasteiger charge is 2.34. The Morgan fingerprint density at radius 3 is 2.95 bits per heavy atom. The van der Waals surface area contributed by atoms with Crippen molar-refractivity contribution in [2.45, 2.75) is 31.2 Å². The largest absolute Gasteiger partial charge is 0.346 e. The average molecular weight is 322 g/mol. The van der Waals surface area contributed by atoms with Crippen molar-refractivity contribution in [3.63, 3.8) is 0 Å². The fourth-order valence-electron chi connectivity index (χ4n) is 2.76. The molecule has 0 atom stereocenters. The van der Waals surface area contributed by atoms with E-state index in [1.807, 2.05) is 24.4 Å². The molecule has 0 bridgehead atoms. The van der Waals surface area contributed by atoms with Gasteiger partial charge in [0, 0.05) is 11.5 Å². The molecule has 2 aromatic rings. The van der Waals surface area contributed by atoms with Gasteiger partial charge in [-0.05, 0) is 25.0 Å². The minimum Gasteiger partial charge on any atom is -0.346 e. The molecule has 0 aliphatic heterocycles. The van der Waals surface area contributed by atoms with Gasteiger partial charge in [0.1, 0.15) is 0 Å². The second-order valence-electron chi connectivity index (χ2n) is 5.16. The standard InChI is InChI=1S/C14H16BrN3O/c15-10-14(6-2-3-7-14)17-13(19)11-9-16-18-8-4-1-5-12(11)18/h1,4-5,8-9H,2-3,6-7,10H2,(H,17,19). The minimum absolute atomic E-state index is 0.0254. The van der Waals surface area contributed by atoms with E-state index in [1.54, 1.807) is 10.7 Å². The SMILES string of the molecule is O=C(NC1(CBr)CCCC1)c1cnn2ccccc12. The molecular weight excluding hydrogens is 306 g/mol. The number of fused-ring (bicyclic) bond motifs is 1. The van der Waals surface area contributed by atoms with Crippen LogP contribution >= 0.6 is 15.9 Å². The van der Waals surface area contributed by atoms with Crippen LogP contribution in [0, 0.1) is 0 Å². The first-order chi connectivity index (χ1) is 9.24. The van der Waals surface area contributed by atoms with Crippen LogP contribution in [0.15, 0.2) is 30.6 Å². The van der Waals surface area contributed by atoms with Gasteiger partial charge in [-0.25, -0.2) is 4.52 Å². The number of rotatable bonds is 3. The zero-order valence-electron chi connectivity index (χ0n) is 10.6. The highest BCUT2D eigenvalue weighted by Crippen LogP contribution is 2.31. The minimum atomic E-state index is -0.0832. The van der Waals surface area contributed by atoms with E-state index in [-0.39, 0.29) is 11.4 Å². The van der Waals surface area contributed by atoms with Crippen LogP contribution < -0.4 is 5.32 Å². The number of halogens is 1. The predicted octanol–water partition coefficient (Wildman–Crippen LogP) is 2.77. The molecule has 0 radical (unpaired) electrons. The van der Waals surface area contributed by atoms with Crippen LogP contribution in [0.5, 0.6) is 0 Å². The Kier molecular flexibility index (Phi) is 3.31. The molecule has 1 saturated carbocycles.